The van der Waals surface area contributed by atoms with Gasteiger partial charge >= 0.3 is 0 Å². The lowest BCUT2D eigenvalue weighted by Gasteiger charge is -2.48. The van der Waals surface area contributed by atoms with Gasteiger partial charge in [0.15, 0.2) is 12.6 Å². The van der Waals surface area contributed by atoms with Crippen molar-refractivity contribution in [2.75, 3.05) is 19.6 Å². The van der Waals surface area contributed by atoms with Gasteiger partial charge in [-0.05, 0) is 19.4 Å². The van der Waals surface area contributed by atoms with E-state index in [4.69, 9.17) is 47.6 Å². The molecule has 3 fully saturated rings. The summed E-state index contributed by atoms with van der Waals surface area (Å²) in [5.74, 6) is 0. The molecule has 0 amide bonds. The number of hydrogen-bond donors (Lipinski definition) is 11. The first-order chi connectivity index (χ1) is 17.5. The normalized spacial score (nSPS) is 49.2. The Morgan fingerprint density at radius 2 is 1.35 bits per heavy atom. The summed E-state index contributed by atoms with van der Waals surface area (Å²) in [4.78, 5) is 0. The Morgan fingerprint density at radius 1 is 0.757 bits per heavy atom. The molecule has 0 aromatic rings. The van der Waals surface area contributed by atoms with Gasteiger partial charge in [0.1, 0.15) is 48.8 Å². The number of unbranched alkanes of at least 4 members (excludes halogenated alkanes) is 1. The molecule has 15 atom stereocenters. The minimum atomic E-state index is -1.41. The molecule has 15 heteroatoms. The zero-order valence-corrected chi connectivity index (χ0v) is 21.2. The van der Waals surface area contributed by atoms with Gasteiger partial charge in [-0.25, -0.2) is 0 Å². The Bertz CT molecular complexity index is 699. The van der Waals surface area contributed by atoms with Crippen molar-refractivity contribution in [3.05, 3.63) is 0 Å². The smallest absolute Gasteiger partial charge is 0.186 e. The first-order valence-corrected chi connectivity index (χ1v) is 13.0. The predicted molar refractivity (Wildman–Crippen MR) is 130 cm³/mol. The maximum atomic E-state index is 11.2. The van der Waals surface area contributed by atoms with E-state index < -0.39 is 91.7 Å². The largest absolute Gasteiger partial charge is 0.389 e. The van der Waals surface area contributed by atoms with Crippen LogP contribution in [-0.4, -0.2) is 137 Å². The quantitative estimate of drug-likeness (QED) is 0.115. The van der Waals surface area contributed by atoms with E-state index in [0.29, 0.717) is 0 Å². The van der Waals surface area contributed by atoms with Crippen LogP contribution >= 0.6 is 0 Å². The van der Waals surface area contributed by atoms with Crippen molar-refractivity contribution in [1.29, 1.82) is 0 Å². The number of rotatable bonds is 10. The number of nitrogens with one attached hydrogen (secondary N) is 1. The highest BCUT2D eigenvalue weighted by Gasteiger charge is 2.51. The lowest BCUT2D eigenvalue weighted by atomic mass is 9.84. The summed E-state index contributed by atoms with van der Waals surface area (Å²) in [5.41, 5.74) is 30.1. The first kappa shape index (κ1) is 30.9. The Morgan fingerprint density at radius 3 is 1.95 bits per heavy atom. The van der Waals surface area contributed by atoms with Crippen LogP contribution < -0.4 is 34.0 Å². The number of aliphatic hydroxyl groups is 5. The summed E-state index contributed by atoms with van der Waals surface area (Å²) in [6.07, 6.45) is -10.9. The van der Waals surface area contributed by atoms with Gasteiger partial charge in [0.2, 0.25) is 0 Å². The van der Waals surface area contributed by atoms with Crippen LogP contribution in [-0.2, 0) is 18.9 Å². The predicted octanol–water partition coefficient (Wildman–Crippen LogP) is -5.93. The van der Waals surface area contributed by atoms with E-state index in [1.165, 1.54) is 0 Å². The van der Waals surface area contributed by atoms with Crippen LogP contribution in [0.1, 0.15) is 26.2 Å². The lowest BCUT2D eigenvalue weighted by molar-refractivity contribution is -0.316. The van der Waals surface area contributed by atoms with Crippen molar-refractivity contribution in [2.24, 2.45) is 28.7 Å². The van der Waals surface area contributed by atoms with Crippen molar-refractivity contribution in [3.8, 4) is 0 Å². The van der Waals surface area contributed by atoms with Crippen molar-refractivity contribution in [2.45, 2.75) is 118 Å². The summed E-state index contributed by atoms with van der Waals surface area (Å²) >= 11 is 0. The molecule has 0 radical (unpaired) electrons. The molecule has 0 unspecified atom stereocenters. The molecular weight excluding hydrogens is 492 g/mol. The molecule has 0 bridgehead atoms. The Labute approximate surface area is 216 Å². The van der Waals surface area contributed by atoms with E-state index in [1.54, 1.807) is 0 Å². The molecule has 2 heterocycles. The zero-order chi connectivity index (χ0) is 27.4. The number of aliphatic hydroxyl groups excluding tert-OH is 5. The molecule has 3 aliphatic rings. The molecular formula is C22H46N6O9. The van der Waals surface area contributed by atoms with E-state index in [1.807, 2.05) is 0 Å². The van der Waals surface area contributed by atoms with Crippen LogP contribution in [0.15, 0.2) is 0 Å². The van der Waals surface area contributed by atoms with Crippen molar-refractivity contribution in [1.82, 2.24) is 5.32 Å². The maximum Gasteiger partial charge on any atom is 0.186 e. The number of nitrogens with two attached hydrogens (primary N) is 5. The fourth-order valence-electron chi connectivity index (χ4n) is 5.01. The summed E-state index contributed by atoms with van der Waals surface area (Å²) in [5, 5.41) is 55.8. The van der Waals surface area contributed by atoms with Crippen LogP contribution in [0.3, 0.4) is 0 Å². The molecule has 3 rings (SSSR count). The molecule has 0 aromatic carbocycles. The van der Waals surface area contributed by atoms with E-state index in [0.717, 1.165) is 19.4 Å². The van der Waals surface area contributed by atoms with Crippen LogP contribution in [0.25, 0.3) is 0 Å². The van der Waals surface area contributed by atoms with Crippen LogP contribution in [0.4, 0.5) is 0 Å². The Balaban J connectivity index is 1.68. The topological polar surface area (TPSA) is 280 Å². The molecule has 16 N–H and O–H groups in total. The molecule has 1 saturated carbocycles. The average Bonchev–Trinajstić information content (AvgIpc) is 2.87. The summed E-state index contributed by atoms with van der Waals surface area (Å²) in [7, 11) is 0. The highest BCUT2D eigenvalue weighted by molar-refractivity contribution is 5.01. The zero-order valence-electron chi connectivity index (χ0n) is 21.2. The molecule has 15 nitrogen and oxygen atoms in total. The second kappa shape index (κ2) is 13.6. The minimum Gasteiger partial charge on any atom is -0.389 e. The average molecular weight is 539 g/mol. The van der Waals surface area contributed by atoms with Gasteiger partial charge in [-0.1, -0.05) is 13.3 Å². The highest BCUT2D eigenvalue weighted by atomic mass is 16.7. The molecule has 2 aliphatic heterocycles. The van der Waals surface area contributed by atoms with E-state index >= 15 is 0 Å². The van der Waals surface area contributed by atoms with Crippen LogP contribution in [0.5, 0.6) is 0 Å². The Kier molecular flexibility index (Phi) is 11.4. The van der Waals surface area contributed by atoms with Gasteiger partial charge in [-0.15, -0.1) is 0 Å². The van der Waals surface area contributed by atoms with Crippen molar-refractivity contribution in [3.63, 3.8) is 0 Å². The molecule has 218 valence electrons. The van der Waals surface area contributed by atoms with Gasteiger partial charge in [-0.3, -0.25) is 0 Å². The van der Waals surface area contributed by atoms with Crippen LogP contribution in [0.2, 0.25) is 0 Å². The fourth-order valence-corrected chi connectivity index (χ4v) is 5.01. The number of hydrogen-bond acceptors (Lipinski definition) is 15. The lowest BCUT2D eigenvalue weighted by Crippen LogP contribution is -2.69. The third-order valence-corrected chi connectivity index (χ3v) is 7.43. The van der Waals surface area contributed by atoms with E-state index in [9.17, 15) is 25.5 Å². The van der Waals surface area contributed by atoms with Crippen molar-refractivity contribution >= 4 is 0 Å². The van der Waals surface area contributed by atoms with Gasteiger partial charge in [0, 0.05) is 25.2 Å². The molecule has 0 aromatic heterocycles. The monoisotopic (exact) mass is 538 g/mol. The fraction of sp³-hybridized carbons (Fsp3) is 1.00. The second-order valence-electron chi connectivity index (χ2n) is 10.3. The number of ether oxygens (including phenoxy) is 4. The molecule has 1 aliphatic carbocycles. The maximum absolute atomic E-state index is 11.2. The SMILES string of the molecule is CCCCNC[C@H]1O[C@H](O[C@@H]2[C@@H](O)[C@H](O[C@H]3O[C@H](CN)[C@@H](O)[C@H](O)[C@H]3N)[C@@H](N)C[C@H]2N)[C@H](O)[C@@H](N)[C@@H]1O. The Hall–Kier alpha value is -0.600. The highest BCUT2D eigenvalue weighted by Crippen LogP contribution is 2.31. The molecule has 0 spiro atoms. The minimum absolute atomic E-state index is 0.0990. The van der Waals surface area contributed by atoms with Gasteiger partial charge in [0.05, 0.1) is 18.2 Å². The van der Waals surface area contributed by atoms with Gasteiger partial charge in [-0.2, -0.15) is 0 Å². The second-order valence-corrected chi connectivity index (χ2v) is 10.3. The van der Waals surface area contributed by atoms with Gasteiger partial charge in [0.25, 0.3) is 0 Å². The molecule has 2 saturated heterocycles. The summed E-state index contributed by atoms with van der Waals surface area (Å²) < 4.78 is 23.3. The standard InChI is InChI=1S/C22H46N6O9/c1-2-3-4-28-7-11-14(29)12(26)17(32)22(35-11)37-20-9(25)5-8(24)19(18(20)33)36-21-13(27)16(31)15(30)10(6-23)34-21/h8-22,28-33H,2-7,23-27H2,1H3/t8-,9+,10+,11+,12-,13+,14+,15+,16+,17+,18-,19+,20-,21+,22+/m0/s1. The molecule has 37 heavy (non-hydrogen) atoms. The summed E-state index contributed by atoms with van der Waals surface area (Å²) in [6, 6.07) is -3.71. The van der Waals surface area contributed by atoms with E-state index in [-0.39, 0.29) is 19.5 Å². The first-order valence-electron chi connectivity index (χ1n) is 13.0. The third-order valence-electron chi connectivity index (χ3n) is 7.43. The summed E-state index contributed by atoms with van der Waals surface area (Å²) in [6.45, 7) is 2.96. The third kappa shape index (κ3) is 6.95. The van der Waals surface area contributed by atoms with Gasteiger partial charge < -0.3 is 78.5 Å². The van der Waals surface area contributed by atoms with E-state index in [2.05, 4.69) is 12.2 Å². The van der Waals surface area contributed by atoms with Crippen LogP contribution in [0, 0.1) is 0 Å². The van der Waals surface area contributed by atoms with Crippen molar-refractivity contribution < 1.29 is 44.5 Å².